The van der Waals surface area contributed by atoms with E-state index >= 15 is 0 Å². The van der Waals surface area contributed by atoms with Crippen molar-refractivity contribution in [1.29, 1.82) is 0 Å². The summed E-state index contributed by atoms with van der Waals surface area (Å²) in [7, 11) is 0. The fourth-order valence-corrected chi connectivity index (χ4v) is 3.32. The van der Waals surface area contributed by atoms with Gasteiger partial charge < -0.3 is 5.32 Å². The molecule has 1 heterocycles. The lowest BCUT2D eigenvalue weighted by molar-refractivity contribution is 0.602. The minimum absolute atomic E-state index is 0.269. The van der Waals surface area contributed by atoms with Crippen LogP contribution in [0, 0.1) is 20.8 Å². The van der Waals surface area contributed by atoms with E-state index in [1.165, 1.54) is 21.6 Å². The predicted octanol–water partition coefficient (Wildman–Crippen LogP) is 4.16. The summed E-state index contributed by atoms with van der Waals surface area (Å²) in [5.41, 5.74) is 7.06. The molecule has 1 aromatic heterocycles. The third kappa shape index (κ3) is 3.43. The Labute approximate surface area is 119 Å². The van der Waals surface area contributed by atoms with Crippen LogP contribution >= 0.6 is 11.3 Å². The molecule has 0 fully saturated rings. The molecule has 2 rings (SSSR count). The van der Waals surface area contributed by atoms with E-state index < -0.39 is 0 Å². The maximum absolute atomic E-state index is 4.39. The summed E-state index contributed by atoms with van der Waals surface area (Å²) in [6, 6.07) is 7.05. The van der Waals surface area contributed by atoms with Crippen molar-refractivity contribution in [2.75, 3.05) is 6.54 Å². The maximum atomic E-state index is 4.39. The third-order valence-electron chi connectivity index (χ3n) is 3.22. The predicted molar refractivity (Wildman–Crippen MR) is 82.9 cm³/mol. The number of rotatable bonds is 5. The minimum atomic E-state index is 0.269. The zero-order valence-electron chi connectivity index (χ0n) is 12.2. The van der Waals surface area contributed by atoms with Gasteiger partial charge in [-0.05, 0) is 39.3 Å². The molecule has 1 N–H and O–H groups in total. The smallest absolute Gasteiger partial charge is 0.0798 e. The number of nitrogens with zero attached hydrogens (tertiary/aromatic N) is 1. The van der Waals surface area contributed by atoms with Crippen LogP contribution in [0.5, 0.6) is 0 Å². The highest BCUT2D eigenvalue weighted by Gasteiger charge is 2.18. The number of benzene rings is 1. The molecule has 102 valence electrons. The van der Waals surface area contributed by atoms with Gasteiger partial charge in [-0.15, -0.1) is 11.3 Å². The highest BCUT2D eigenvalue weighted by Crippen LogP contribution is 2.29. The van der Waals surface area contributed by atoms with Gasteiger partial charge in [-0.25, -0.2) is 4.98 Å². The lowest BCUT2D eigenvalue weighted by atomic mass is 9.99. The van der Waals surface area contributed by atoms with Crippen molar-refractivity contribution in [1.82, 2.24) is 10.3 Å². The first-order valence-electron chi connectivity index (χ1n) is 6.83. The monoisotopic (exact) mass is 274 g/mol. The fourth-order valence-electron chi connectivity index (χ4n) is 2.42. The second-order valence-corrected chi connectivity index (χ2v) is 6.00. The molecular weight excluding hydrogens is 252 g/mol. The van der Waals surface area contributed by atoms with Crippen LogP contribution in [0.1, 0.15) is 46.6 Å². The molecule has 0 aliphatic heterocycles. The maximum Gasteiger partial charge on any atom is 0.0798 e. The van der Waals surface area contributed by atoms with Crippen LogP contribution in [-0.4, -0.2) is 11.5 Å². The van der Waals surface area contributed by atoms with Gasteiger partial charge in [0, 0.05) is 4.88 Å². The highest BCUT2D eigenvalue weighted by atomic mass is 32.1. The second-order valence-electron chi connectivity index (χ2n) is 5.11. The van der Waals surface area contributed by atoms with Crippen LogP contribution in [0.25, 0.3) is 0 Å². The lowest BCUT2D eigenvalue weighted by Gasteiger charge is -2.19. The summed E-state index contributed by atoms with van der Waals surface area (Å²) >= 11 is 1.74. The topological polar surface area (TPSA) is 24.9 Å². The number of hydrogen-bond acceptors (Lipinski definition) is 3. The van der Waals surface area contributed by atoms with E-state index in [2.05, 4.69) is 56.2 Å². The molecule has 1 unspecified atom stereocenters. The lowest BCUT2D eigenvalue weighted by Crippen LogP contribution is -2.23. The van der Waals surface area contributed by atoms with Gasteiger partial charge in [0.15, 0.2) is 0 Å². The van der Waals surface area contributed by atoms with Gasteiger partial charge in [-0.1, -0.05) is 36.2 Å². The van der Waals surface area contributed by atoms with Gasteiger partial charge in [0.1, 0.15) is 0 Å². The Hall–Kier alpha value is -1.19. The summed E-state index contributed by atoms with van der Waals surface area (Å²) in [5, 5.41) is 3.65. The Balaban J connectivity index is 2.39. The number of thiazole rings is 1. The summed E-state index contributed by atoms with van der Waals surface area (Å²) in [6.07, 6.45) is 1.14. The van der Waals surface area contributed by atoms with Crippen molar-refractivity contribution in [3.05, 3.63) is 51.0 Å². The molecule has 2 nitrogen and oxygen atoms in total. The molecule has 0 amide bonds. The van der Waals surface area contributed by atoms with Crippen molar-refractivity contribution >= 4 is 11.3 Å². The zero-order chi connectivity index (χ0) is 13.8. The van der Waals surface area contributed by atoms with E-state index in [-0.39, 0.29) is 6.04 Å². The number of aryl methyl sites for hydroxylation is 3. The molecule has 0 bridgehead atoms. The van der Waals surface area contributed by atoms with Crippen molar-refractivity contribution in [2.45, 2.75) is 40.2 Å². The molecule has 0 aliphatic rings. The Morgan fingerprint density at radius 2 is 1.84 bits per heavy atom. The zero-order valence-corrected chi connectivity index (χ0v) is 13.0. The van der Waals surface area contributed by atoms with Crippen molar-refractivity contribution < 1.29 is 0 Å². The Kier molecular flexibility index (Phi) is 4.72. The van der Waals surface area contributed by atoms with E-state index in [9.17, 15) is 0 Å². The molecule has 0 saturated heterocycles. The van der Waals surface area contributed by atoms with E-state index in [0.717, 1.165) is 18.7 Å². The average molecular weight is 274 g/mol. The van der Waals surface area contributed by atoms with Gasteiger partial charge in [-0.2, -0.15) is 0 Å². The molecule has 1 aromatic carbocycles. The Morgan fingerprint density at radius 3 is 2.37 bits per heavy atom. The minimum Gasteiger partial charge on any atom is -0.306 e. The quantitative estimate of drug-likeness (QED) is 0.885. The van der Waals surface area contributed by atoms with Crippen molar-refractivity contribution in [3.63, 3.8) is 0 Å². The van der Waals surface area contributed by atoms with Gasteiger partial charge in [0.25, 0.3) is 0 Å². The van der Waals surface area contributed by atoms with Crippen molar-refractivity contribution in [3.8, 4) is 0 Å². The first-order valence-corrected chi connectivity index (χ1v) is 7.71. The van der Waals surface area contributed by atoms with Crippen LogP contribution in [0.3, 0.4) is 0 Å². The molecule has 3 heteroatoms. The van der Waals surface area contributed by atoms with Crippen LogP contribution in [0.15, 0.2) is 23.7 Å². The normalized spacial score (nSPS) is 12.6. The largest absolute Gasteiger partial charge is 0.306 e. The van der Waals surface area contributed by atoms with E-state index in [1.807, 2.05) is 5.51 Å². The van der Waals surface area contributed by atoms with E-state index in [4.69, 9.17) is 0 Å². The molecule has 0 radical (unpaired) electrons. The number of hydrogen-bond donors (Lipinski definition) is 1. The molecule has 0 saturated carbocycles. The molecule has 2 aromatic rings. The summed E-state index contributed by atoms with van der Waals surface area (Å²) in [4.78, 5) is 5.73. The van der Waals surface area contributed by atoms with E-state index in [1.54, 1.807) is 11.3 Å². The van der Waals surface area contributed by atoms with Gasteiger partial charge in [0.2, 0.25) is 0 Å². The first-order chi connectivity index (χ1) is 9.11. The van der Waals surface area contributed by atoms with E-state index in [0.29, 0.717) is 0 Å². The second kappa shape index (κ2) is 6.31. The molecule has 0 spiro atoms. The summed E-state index contributed by atoms with van der Waals surface area (Å²) in [5.74, 6) is 0. The Bertz CT molecular complexity index is 525. The van der Waals surface area contributed by atoms with Gasteiger partial charge in [-0.3, -0.25) is 0 Å². The van der Waals surface area contributed by atoms with Crippen LogP contribution < -0.4 is 5.32 Å². The third-order valence-corrected chi connectivity index (χ3v) is 4.22. The van der Waals surface area contributed by atoms with Crippen LogP contribution in [-0.2, 0) is 0 Å². The molecule has 1 atom stereocenters. The molecular formula is C16H22N2S. The van der Waals surface area contributed by atoms with Crippen LogP contribution in [0.4, 0.5) is 0 Å². The SMILES string of the molecule is CCCNC(c1cc(C)cc(C)c1)c1scnc1C. The summed E-state index contributed by atoms with van der Waals surface area (Å²) < 4.78 is 0. The summed E-state index contributed by atoms with van der Waals surface area (Å²) in [6.45, 7) is 9.63. The standard InChI is InChI=1S/C16H22N2S/c1-5-6-17-15(16-13(4)18-10-19-16)14-8-11(2)7-12(3)9-14/h7-10,15,17H,5-6H2,1-4H3. The number of aromatic nitrogens is 1. The molecule has 0 aliphatic carbocycles. The van der Waals surface area contributed by atoms with Gasteiger partial charge in [0.05, 0.1) is 17.2 Å². The Morgan fingerprint density at radius 1 is 1.16 bits per heavy atom. The van der Waals surface area contributed by atoms with Gasteiger partial charge >= 0.3 is 0 Å². The number of nitrogens with one attached hydrogen (secondary N) is 1. The highest BCUT2D eigenvalue weighted by molar-refractivity contribution is 7.09. The van der Waals surface area contributed by atoms with Crippen LogP contribution in [0.2, 0.25) is 0 Å². The van der Waals surface area contributed by atoms with Crippen molar-refractivity contribution in [2.24, 2.45) is 0 Å². The fraction of sp³-hybridized carbons (Fsp3) is 0.438. The molecule has 19 heavy (non-hydrogen) atoms. The first kappa shape index (κ1) is 14.2. The average Bonchev–Trinajstić information content (AvgIpc) is 2.75.